The lowest BCUT2D eigenvalue weighted by Crippen LogP contribution is -2.06. The number of halogens is 1. The van der Waals surface area contributed by atoms with Crippen LogP contribution in [0.4, 0.5) is 0 Å². The molecule has 0 unspecified atom stereocenters. The summed E-state index contributed by atoms with van der Waals surface area (Å²) in [6.07, 6.45) is 1.64. The van der Waals surface area contributed by atoms with Gasteiger partial charge in [0.25, 0.3) is 0 Å². The number of thiazole rings is 1. The summed E-state index contributed by atoms with van der Waals surface area (Å²) in [4.78, 5) is 16.6. The zero-order valence-corrected chi connectivity index (χ0v) is 10.3. The van der Waals surface area contributed by atoms with Crippen molar-refractivity contribution in [2.45, 2.75) is 6.92 Å². The van der Waals surface area contributed by atoms with Gasteiger partial charge < -0.3 is 4.74 Å². The Hall–Kier alpha value is -0.630. The first-order valence-corrected chi connectivity index (χ1v) is 5.97. The van der Waals surface area contributed by atoms with Crippen LogP contribution in [0.15, 0.2) is 11.7 Å². The lowest BCUT2D eigenvalue weighted by atomic mass is 10.5. The van der Waals surface area contributed by atoms with Gasteiger partial charge in [-0.25, -0.2) is 9.78 Å². The standard InChI is InChI=1S/C8H7IN2O2S/c1-2-13-8(12)5-3-14-7-6(9)10-4-11(5)7/h3-4H,2H2,1H3. The van der Waals surface area contributed by atoms with E-state index in [1.54, 1.807) is 23.0 Å². The summed E-state index contributed by atoms with van der Waals surface area (Å²) in [7, 11) is 0. The molecule has 0 fully saturated rings. The number of fused-ring (bicyclic) bond motifs is 1. The smallest absolute Gasteiger partial charge is 0.356 e. The van der Waals surface area contributed by atoms with Gasteiger partial charge in [-0.3, -0.25) is 4.40 Å². The second-order valence-corrected chi connectivity index (χ2v) is 4.43. The minimum atomic E-state index is -0.299. The van der Waals surface area contributed by atoms with E-state index in [-0.39, 0.29) is 5.97 Å². The molecule has 0 N–H and O–H groups in total. The highest BCUT2D eigenvalue weighted by Crippen LogP contribution is 2.21. The van der Waals surface area contributed by atoms with Gasteiger partial charge in [0.1, 0.15) is 20.6 Å². The number of carbonyl (C=O) groups is 1. The number of carbonyl (C=O) groups excluding carboxylic acids is 1. The van der Waals surface area contributed by atoms with Crippen LogP contribution in [-0.4, -0.2) is 22.0 Å². The predicted octanol–water partition coefficient (Wildman–Crippen LogP) is 2.18. The van der Waals surface area contributed by atoms with Gasteiger partial charge in [0.2, 0.25) is 0 Å². The quantitative estimate of drug-likeness (QED) is 0.629. The van der Waals surface area contributed by atoms with Crippen LogP contribution in [-0.2, 0) is 4.74 Å². The van der Waals surface area contributed by atoms with Gasteiger partial charge in [0.15, 0.2) is 0 Å². The van der Waals surface area contributed by atoms with Crippen molar-refractivity contribution in [3.8, 4) is 0 Å². The third-order valence-electron chi connectivity index (χ3n) is 1.71. The average Bonchev–Trinajstić information content (AvgIpc) is 2.69. The van der Waals surface area contributed by atoms with Gasteiger partial charge in [-0.1, -0.05) is 0 Å². The fourth-order valence-corrected chi connectivity index (χ4v) is 2.72. The minimum Gasteiger partial charge on any atom is -0.461 e. The van der Waals surface area contributed by atoms with Crippen molar-refractivity contribution >= 4 is 44.7 Å². The summed E-state index contributed by atoms with van der Waals surface area (Å²) < 4.78 is 7.58. The Morgan fingerprint density at radius 2 is 2.57 bits per heavy atom. The van der Waals surface area contributed by atoms with Gasteiger partial charge in [-0.2, -0.15) is 0 Å². The molecule has 0 atom stereocenters. The Labute approximate surface area is 98.0 Å². The molecule has 6 heteroatoms. The van der Waals surface area contributed by atoms with Gasteiger partial charge in [0, 0.05) is 5.38 Å². The van der Waals surface area contributed by atoms with Crippen LogP contribution in [0.2, 0.25) is 0 Å². The topological polar surface area (TPSA) is 43.6 Å². The second kappa shape index (κ2) is 3.85. The average molecular weight is 322 g/mol. The van der Waals surface area contributed by atoms with Crippen molar-refractivity contribution in [3.63, 3.8) is 0 Å². The molecule has 2 aromatic rings. The molecule has 0 amide bonds. The molecular weight excluding hydrogens is 315 g/mol. The number of ether oxygens (including phenoxy) is 1. The molecule has 0 spiro atoms. The maximum Gasteiger partial charge on any atom is 0.356 e. The van der Waals surface area contributed by atoms with Crippen LogP contribution in [0, 0.1) is 3.70 Å². The Kier molecular flexibility index (Phi) is 2.73. The third kappa shape index (κ3) is 1.52. The zero-order chi connectivity index (χ0) is 10.1. The van der Waals surface area contributed by atoms with Crippen molar-refractivity contribution in [1.82, 2.24) is 9.38 Å². The van der Waals surface area contributed by atoms with Crippen molar-refractivity contribution in [1.29, 1.82) is 0 Å². The summed E-state index contributed by atoms with van der Waals surface area (Å²) in [6.45, 7) is 2.18. The fraction of sp³-hybridized carbons (Fsp3) is 0.250. The normalized spacial score (nSPS) is 10.7. The molecule has 0 aliphatic heterocycles. The summed E-state index contributed by atoms with van der Waals surface area (Å²) in [5.41, 5.74) is 0.544. The van der Waals surface area contributed by atoms with E-state index in [0.717, 1.165) is 8.53 Å². The van der Waals surface area contributed by atoms with Crippen LogP contribution < -0.4 is 0 Å². The molecule has 0 radical (unpaired) electrons. The molecule has 0 saturated heterocycles. The maximum absolute atomic E-state index is 11.5. The lowest BCUT2D eigenvalue weighted by molar-refractivity contribution is 0.0518. The number of rotatable bonds is 2. The summed E-state index contributed by atoms with van der Waals surface area (Å²) in [5.74, 6) is -0.299. The molecule has 0 saturated carbocycles. The van der Waals surface area contributed by atoms with E-state index < -0.39 is 0 Å². The third-order valence-corrected chi connectivity index (χ3v) is 3.82. The fourth-order valence-electron chi connectivity index (χ4n) is 1.11. The number of nitrogens with zero attached hydrogens (tertiary/aromatic N) is 2. The van der Waals surface area contributed by atoms with E-state index in [9.17, 15) is 4.79 Å². The highest BCUT2D eigenvalue weighted by atomic mass is 127. The summed E-state index contributed by atoms with van der Waals surface area (Å²) in [5, 5.41) is 1.79. The second-order valence-electron chi connectivity index (χ2n) is 2.55. The number of esters is 1. The molecule has 2 rings (SSSR count). The molecule has 2 heterocycles. The van der Waals surface area contributed by atoms with Gasteiger partial charge in [-0.05, 0) is 29.5 Å². The molecule has 74 valence electrons. The van der Waals surface area contributed by atoms with Crippen LogP contribution in [0.1, 0.15) is 17.4 Å². The monoisotopic (exact) mass is 322 g/mol. The number of imidazole rings is 1. The van der Waals surface area contributed by atoms with Crippen molar-refractivity contribution in [2.24, 2.45) is 0 Å². The van der Waals surface area contributed by atoms with Crippen molar-refractivity contribution in [2.75, 3.05) is 6.61 Å². The van der Waals surface area contributed by atoms with Crippen LogP contribution in [0.3, 0.4) is 0 Å². The minimum absolute atomic E-state index is 0.299. The number of aromatic nitrogens is 2. The van der Waals surface area contributed by atoms with Gasteiger partial charge in [-0.15, -0.1) is 11.3 Å². The van der Waals surface area contributed by atoms with E-state index in [2.05, 4.69) is 27.6 Å². The Morgan fingerprint density at radius 1 is 1.79 bits per heavy atom. The first-order valence-electron chi connectivity index (χ1n) is 4.01. The first kappa shape index (κ1) is 9.91. The van der Waals surface area contributed by atoms with Crippen LogP contribution in [0.5, 0.6) is 0 Å². The highest BCUT2D eigenvalue weighted by Gasteiger charge is 2.14. The Balaban J connectivity index is 2.47. The molecule has 4 nitrogen and oxygen atoms in total. The predicted molar refractivity (Wildman–Crippen MR) is 61.7 cm³/mol. The van der Waals surface area contributed by atoms with Gasteiger partial charge >= 0.3 is 5.97 Å². The maximum atomic E-state index is 11.5. The van der Waals surface area contributed by atoms with E-state index >= 15 is 0 Å². The molecule has 14 heavy (non-hydrogen) atoms. The molecule has 2 aromatic heterocycles. The van der Waals surface area contributed by atoms with E-state index in [0.29, 0.717) is 12.3 Å². The first-order chi connectivity index (χ1) is 6.74. The van der Waals surface area contributed by atoms with Gasteiger partial charge in [0.05, 0.1) is 6.61 Å². The lowest BCUT2D eigenvalue weighted by Gasteiger charge is -1.98. The number of hydrogen-bond donors (Lipinski definition) is 0. The van der Waals surface area contributed by atoms with E-state index in [1.165, 1.54) is 11.3 Å². The highest BCUT2D eigenvalue weighted by molar-refractivity contribution is 14.1. The molecule has 0 aromatic carbocycles. The largest absolute Gasteiger partial charge is 0.461 e. The molecule has 0 aliphatic rings. The van der Waals surface area contributed by atoms with Crippen LogP contribution in [0.25, 0.3) is 4.83 Å². The Bertz CT molecular complexity index is 477. The van der Waals surface area contributed by atoms with E-state index in [1.807, 2.05) is 0 Å². The molecule has 0 aliphatic carbocycles. The van der Waals surface area contributed by atoms with Crippen molar-refractivity contribution in [3.05, 3.63) is 21.1 Å². The molecule has 0 bridgehead atoms. The summed E-state index contributed by atoms with van der Waals surface area (Å²) >= 11 is 3.63. The SMILES string of the molecule is CCOC(=O)c1csc2c(I)ncn12. The van der Waals surface area contributed by atoms with Crippen LogP contribution >= 0.6 is 33.9 Å². The van der Waals surface area contributed by atoms with E-state index in [4.69, 9.17) is 4.74 Å². The zero-order valence-electron chi connectivity index (χ0n) is 7.36. The summed E-state index contributed by atoms with van der Waals surface area (Å²) in [6, 6.07) is 0. The Morgan fingerprint density at radius 3 is 3.29 bits per heavy atom. The molecular formula is C8H7IN2O2S. The van der Waals surface area contributed by atoms with Crippen molar-refractivity contribution < 1.29 is 9.53 Å². The number of hydrogen-bond acceptors (Lipinski definition) is 4.